The first-order valence-electron chi connectivity index (χ1n) is 8.13. The second kappa shape index (κ2) is 6.05. The zero-order valence-corrected chi connectivity index (χ0v) is 13.6. The van der Waals surface area contributed by atoms with E-state index in [0.717, 1.165) is 41.3 Å². The Bertz CT molecular complexity index is 514. The van der Waals surface area contributed by atoms with Crippen LogP contribution in [0.25, 0.3) is 0 Å². The molecule has 1 aromatic heterocycles. The number of aryl methyl sites for hydroxylation is 1. The Morgan fingerprint density at radius 1 is 1.33 bits per heavy atom. The van der Waals surface area contributed by atoms with Gasteiger partial charge in [0.15, 0.2) is 0 Å². The Balaban J connectivity index is 1.75. The van der Waals surface area contributed by atoms with E-state index in [2.05, 4.69) is 10.3 Å². The van der Waals surface area contributed by atoms with Crippen molar-refractivity contribution >= 4 is 17.2 Å². The third-order valence-corrected chi connectivity index (χ3v) is 6.37. The molecule has 21 heavy (non-hydrogen) atoms. The van der Waals surface area contributed by atoms with Crippen molar-refractivity contribution in [3.8, 4) is 0 Å². The molecule has 0 spiro atoms. The van der Waals surface area contributed by atoms with Gasteiger partial charge in [-0.1, -0.05) is 25.7 Å². The van der Waals surface area contributed by atoms with E-state index in [1.807, 2.05) is 6.92 Å². The molecule has 1 amide bonds. The van der Waals surface area contributed by atoms with Gasteiger partial charge in [-0.3, -0.25) is 4.79 Å². The molecular weight excluding hydrogens is 282 g/mol. The quantitative estimate of drug-likeness (QED) is 0.898. The van der Waals surface area contributed by atoms with Gasteiger partial charge in [0.1, 0.15) is 4.88 Å². The van der Waals surface area contributed by atoms with Crippen molar-refractivity contribution < 1.29 is 4.79 Å². The lowest BCUT2D eigenvalue weighted by atomic mass is 9.98. The molecule has 116 valence electrons. The molecule has 0 aromatic carbocycles. The largest absolute Gasteiger partial charge is 0.345 e. The fraction of sp³-hybridized carbons (Fsp3) is 0.750. The van der Waals surface area contributed by atoms with Crippen LogP contribution in [0.3, 0.4) is 0 Å². The standard InChI is InChI=1S/C16H25N3OS/c1-11-13(21-15(18-11)12-6-2-3-7-12)14(20)19-16(10-17)8-4-5-9-16/h12H,2-10,17H2,1H3,(H,19,20). The van der Waals surface area contributed by atoms with E-state index in [4.69, 9.17) is 5.73 Å². The minimum Gasteiger partial charge on any atom is -0.345 e. The number of amides is 1. The van der Waals surface area contributed by atoms with E-state index in [1.165, 1.54) is 25.7 Å². The maximum absolute atomic E-state index is 12.6. The van der Waals surface area contributed by atoms with Crippen LogP contribution < -0.4 is 11.1 Å². The summed E-state index contributed by atoms with van der Waals surface area (Å²) in [5, 5.41) is 4.37. The summed E-state index contributed by atoms with van der Waals surface area (Å²) < 4.78 is 0. The molecule has 2 fully saturated rings. The predicted octanol–water partition coefficient (Wildman–Crippen LogP) is 3.11. The highest BCUT2D eigenvalue weighted by molar-refractivity contribution is 7.13. The van der Waals surface area contributed by atoms with Crippen LogP contribution in [-0.4, -0.2) is 23.0 Å². The van der Waals surface area contributed by atoms with Crippen LogP contribution in [0.5, 0.6) is 0 Å². The van der Waals surface area contributed by atoms with E-state index < -0.39 is 0 Å². The Hall–Kier alpha value is -0.940. The van der Waals surface area contributed by atoms with Gasteiger partial charge in [0.05, 0.1) is 16.2 Å². The van der Waals surface area contributed by atoms with E-state index in [0.29, 0.717) is 12.5 Å². The van der Waals surface area contributed by atoms with Gasteiger partial charge in [0.25, 0.3) is 5.91 Å². The molecule has 2 saturated carbocycles. The maximum atomic E-state index is 12.6. The number of carbonyl (C=O) groups is 1. The number of thiazole rings is 1. The first-order valence-corrected chi connectivity index (χ1v) is 8.95. The van der Waals surface area contributed by atoms with Crippen LogP contribution in [-0.2, 0) is 0 Å². The van der Waals surface area contributed by atoms with E-state index in [-0.39, 0.29) is 11.4 Å². The molecule has 1 aromatic rings. The zero-order chi connectivity index (χ0) is 14.9. The summed E-state index contributed by atoms with van der Waals surface area (Å²) in [5.74, 6) is 0.604. The number of hydrogen-bond acceptors (Lipinski definition) is 4. The van der Waals surface area contributed by atoms with Gasteiger partial charge in [-0.05, 0) is 32.6 Å². The Morgan fingerprint density at radius 3 is 2.62 bits per heavy atom. The van der Waals surface area contributed by atoms with Gasteiger partial charge < -0.3 is 11.1 Å². The highest BCUT2D eigenvalue weighted by atomic mass is 32.1. The molecule has 0 unspecified atom stereocenters. The predicted molar refractivity (Wildman–Crippen MR) is 85.8 cm³/mol. The first-order chi connectivity index (χ1) is 10.1. The number of aromatic nitrogens is 1. The van der Waals surface area contributed by atoms with Gasteiger partial charge in [0, 0.05) is 12.5 Å². The normalized spacial score (nSPS) is 21.8. The van der Waals surface area contributed by atoms with Crippen LogP contribution in [0, 0.1) is 6.92 Å². The molecule has 0 atom stereocenters. The smallest absolute Gasteiger partial charge is 0.263 e. The van der Waals surface area contributed by atoms with Crippen LogP contribution in [0.15, 0.2) is 0 Å². The highest BCUT2D eigenvalue weighted by Crippen LogP contribution is 2.37. The number of carbonyl (C=O) groups excluding carboxylic acids is 1. The Kier molecular flexibility index (Phi) is 4.31. The van der Waals surface area contributed by atoms with Crippen LogP contribution >= 0.6 is 11.3 Å². The highest BCUT2D eigenvalue weighted by Gasteiger charge is 2.35. The summed E-state index contributed by atoms with van der Waals surface area (Å²) >= 11 is 1.59. The van der Waals surface area contributed by atoms with Crippen LogP contribution in [0.4, 0.5) is 0 Å². The number of nitrogens with two attached hydrogens (primary N) is 1. The lowest BCUT2D eigenvalue weighted by Crippen LogP contribution is -2.51. The van der Waals surface area contributed by atoms with Crippen molar-refractivity contribution in [3.63, 3.8) is 0 Å². The second-order valence-corrected chi connectivity index (χ2v) is 7.62. The molecule has 0 radical (unpaired) electrons. The average molecular weight is 307 g/mol. The van der Waals surface area contributed by atoms with Crippen molar-refractivity contribution in [2.75, 3.05) is 6.54 Å². The molecule has 2 aliphatic rings. The third-order valence-electron chi connectivity index (χ3n) is 5.05. The molecule has 3 rings (SSSR count). The summed E-state index contributed by atoms with van der Waals surface area (Å²) in [4.78, 5) is 18.1. The Morgan fingerprint density at radius 2 is 2.00 bits per heavy atom. The maximum Gasteiger partial charge on any atom is 0.263 e. The minimum atomic E-state index is -0.180. The molecule has 5 heteroatoms. The molecular formula is C16H25N3OS. The molecule has 0 saturated heterocycles. The van der Waals surface area contributed by atoms with Gasteiger partial charge in [-0.15, -0.1) is 11.3 Å². The van der Waals surface area contributed by atoms with E-state index in [9.17, 15) is 4.79 Å². The van der Waals surface area contributed by atoms with Crippen LogP contribution in [0.1, 0.15) is 77.7 Å². The van der Waals surface area contributed by atoms with Crippen LogP contribution in [0.2, 0.25) is 0 Å². The summed E-state index contributed by atoms with van der Waals surface area (Å²) in [6, 6.07) is 0. The minimum absolute atomic E-state index is 0.0293. The summed E-state index contributed by atoms with van der Waals surface area (Å²) in [5.41, 5.74) is 6.61. The second-order valence-electron chi connectivity index (χ2n) is 6.59. The molecule has 0 aliphatic heterocycles. The van der Waals surface area contributed by atoms with Gasteiger partial charge >= 0.3 is 0 Å². The summed E-state index contributed by atoms with van der Waals surface area (Å²) in [7, 11) is 0. The number of nitrogens with zero attached hydrogens (tertiary/aromatic N) is 1. The molecule has 4 nitrogen and oxygen atoms in total. The molecule has 0 bridgehead atoms. The fourth-order valence-electron chi connectivity index (χ4n) is 3.70. The van der Waals surface area contributed by atoms with Crippen molar-refractivity contribution in [2.24, 2.45) is 5.73 Å². The van der Waals surface area contributed by atoms with Gasteiger partial charge in [-0.25, -0.2) is 4.98 Å². The monoisotopic (exact) mass is 307 g/mol. The summed E-state index contributed by atoms with van der Waals surface area (Å²) in [6.07, 6.45) is 9.35. The van der Waals surface area contributed by atoms with Gasteiger partial charge in [-0.2, -0.15) is 0 Å². The average Bonchev–Trinajstić information content (AvgIpc) is 3.18. The van der Waals surface area contributed by atoms with Gasteiger partial charge in [0.2, 0.25) is 0 Å². The van der Waals surface area contributed by atoms with Crippen molar-refractivity contribution in [1.29, 1.82) is 0 Å². The summed E-state index contributed by atoms with van der Waals surface area (Å²) in [6.45, 7) is 2.49. The zero-order valence-electron chi connectivity index (χ0n) is 12.8. The first kappa shape index (κ1) is 15.0. The number of nitrogens with one attached hydrogen (secondary N) is 1. The number of hydrogen-bond donors (Lipinski definition) is 2. The SMILES string of the molecule is Cc1nc(C2CCCC2)sc1C(=O)NC1(CN)CCCC1. The third kappa shape index (κ3) is 2.99. The Labute approximate surface area is 130 Å². The van der Waals surface area contributed by atoms with E-state index in [1.54, 1.807) is 11.3 Å². The fourth-order valence-corrected chi connectivity index (χ4v) is 4.84. The van der Waals surface area contributed by atoms with E-state index >= 15 is 0 Å². The lowest BCUT2D eigenvalue weighted by molar-refractivity contribution is 0.0906. The molecule has 2 aliphatic carbocycles. The topological polar surface area (TPSA) is 68.0 Å². The number of rotatable bonds is 4. The van der Waals surface area contributed by atoms with Crippen molar-refractivity contribution in [3.05, 3.63) is 15.6 Å². The molecule has 3 N–H and O–H groups in total. The van der Waals surface area contributed by atoms with Crippen molar-refractivity contribution in [1.82, 2.24) is 10.3 Å². The lowest BCUT2D eigenvalue weighted by Gasteiger charge is -2.28. The molecule has 1 heterocycles. The van der Waals surface area contributed by atoms with Crippen molar-refractivity contribution in [2.45, 2.75) is 69.7 Å².